The predicted molar refractivity (Wildman–Crippen MR) is 352 cm³/mol. The number of fused-ring (bicyclic) bond motifs is 3. The summed E-state index contributed by atoms with van der Waals surface area (Å²) in [6.45, 7) is 13.3. The molecule has 0 aromatic rings. The van der Waals surface area contributed by atoms with Gasteiger partial charge in [0.2, 0.25) is 0 Å². The van der Waals surface area contributed by atoms with Crippen LogP contribution >= 0.6 is 141 Å². The standard InChI is InChI=1S/C60H54O12S12/c1-7-13-31-67-49(61)43-44(50(62)68-32-14-8-2)80-58(79-43)55-73-37-25-19-21-27-39-41(77-56(75-39)59-81-45(51(63)69-33-15-9-3)46(82-59)52(64)70-34-16-10-4)29-23-24-30-42-40(28-22-20-26-38(37)74-55)76-57(78-42)60-83-47(53(65)71-35-17-11-5)48(84-60)54(66)72-36-18-12-6/h7-18,31-36H2,1-6H3. The van der Waals surface area contributed by atoms with Crippen molar-refractivity contribution < 1.29 is 57.2 Å². The van der Waals surface area contributed by atoms with Gasteiger partial charge < -0.3 is 28.4 Å². The normalized spacial score (nSPS) is 17.1. The van der Waals surface area contributed by atoms with Gasteiger partial charge in [0.15, 0.2) is 0 Å². The zero-order chi connectivity index (χ0) is 59.8. The minimum atomic E-state index is -0.594. The zero-order valence-corrected chi connectivity index (χ0v) is 56.3. The Bertz CT molecular complexity index is 2950. The van der Waals surface area contributed by atoms with Gasteiger partial charge in [0.05, 0.1) is 94.5 Å². The number of esters is 6. The fourth-order valence-electron chi connectivity index (χ4n) is 6.37. The summed E-state index contributed by atoms with van der Waals surface area (Å²) in [6, 6.07) is 0. The molecular formula is C60H54O12S12. The van der Waals surface area contributed by atoms with Crippen molar-refractivity contribution in [3.8, 4) is 0 Å². The van der Waals surface area contributed by atoms with E-state index < -0.39 is 35.8 Å². The summed E-state index contributed by atoms with van der Waals surface area (Å²) in [6.07, 6.45) is 9.02. The Labute approximate surface area is 540 Å². The molecule has 0 atom stereocenters. The summed E-state index contributed by atoms with van der Waals surface area (Å²) in [7, 11) is 0. The summed E-state index contributed by atoms with van der Waals surface area (Å²) in [5.41, 5.74) is 37.2. The summed E-state index contributed by atoms with van der Waals surface area (Å²) in [5, 5.41) is 0. The summed E-state index contributed by atoms with van der Waals surface area (Å²) in [4.78, 5) is 85.3. The van der Waals surface area contributed by atoms with Crippen molar-refractivity contribution in [2.24, 2.45) is 0 Å². The minimum Gasteiger partial charge on any atom is -0.462 e. The Hall–Kier alpha value is -3.96. The molecule has 0 unspecified atom stereocenters. The Morgan fingerprint density at radius 2 is 0.393 bits per heavy atom. The molecule has 438 valence electrons. The fourth-order valence-corrected chi connectivity index (χ4v) is 21.5. The molecule has 7 aliphatic rings. The molecule has 0 saturated carbocycles. The first-order chi connectivity index (χ1) is 40.9. The van der Waals surface area contributed by atoms with Crippen molar-refractivity contribution in [3.63, 3.8) is 0 Å². The third-order valence-corrected chi connectivity index (χ3v) is 27.3. The number of ether oxygens (including phenoxy) is 6. The van der Waals surface area contributed by atoms with Crippen LogP contribution in [0.3, 0.4) is 0 Å². The highest BCUT2D eigenvalue weighted by Gasteiger charge is 2.40. The maximum absolute atomic E-state index is 13.5. The topological polar surface area (TPSA) is 158 Å². The molecule has 0 radical (unpaired) electrons. The molecule has 12 nitrogen and oxygen atoms in total. The molecular weight excluding hydrogens is 1300 g/mol. The van der Waals surface area contributed by atoms with Crippen molar-refractivity contribution in [3.05, 3.63) is 153 Å². The van der Waals surface area contributed by atoms with Crippen LogP contribution in [0.1, 0.15) is 119 Å². The molecule has 0 N–H and O–H groups in total. The number of rotatable bonds is 24. The molecule has 3 fully saturated rings. The number of thioether (sulfide) groups is 12. The Morgan fingerprint density at radius 1 is 0.250 bits per heavy atom. The molecule has 6 heterocycles. The van der Waals surface area contributed by atoms with E-state index in [-0.39, 0.29) is 69.1 Å². The van der Waals surface area contributed by atoms with Crippen LogP contribution in [0.2, 0.25) is 0 Å². The van der Waals surface area contributed by atoms with Gasteiger partial charge in [-0.15, -0.1) is 0 Å². The number of carbonyl (C=O) groups excluding carboxylic acids is 6. The first kappa shape index (κ1) is 67.5. The highest BCUT2D eigenvalue weighted by molar-refractivity contribution is 8.37. The highest BCUT2D eigenvalue weighted by Crippen LogP contribution is 2.64. The van der Waals surface area contributed by atoms with Crippen LogP contribution in [0.15, 0.2) is 153 Å². The van der Waals surface area contributed by atoms with Gasteiger partial charge in [-0.3, -0.25) is 0 Å². The second-order valence-electron chi connectivity index (χ2n) is 17.3. The lowest BCUT2D eigenvalue weighted by Crippen LogP contribution is -2.12. The Balaban J connectivity index is 1.36. The first-order valence-electron chi connectivity index (χ1n) is 26.8. The predicted octanol–water partition coefficient (Wildman–Crippen LogP) is 17.5. The molecule has 7 rings (SSSR count). The van der Waals surface area contributed by atoms with Crippen LogP contribution in [0.4, 0.5) is 0 Å². The summed E-state index contributed by atoms with van der Waals surface area (Å²) >= 11 is 15.0. The lowest BCUT2D eigenvalue weighted by atomic mass is 10.3. The molecule has 0 bridgehead atoms. The van der Waals surface area contributed by atoms with Crippen molar-refractivity contribution in [1.29, 1.82) is 0 Å². The lowest BCUT2D eigenvalue weighted by Gasteiger charge is -2.06. The maximum Gasteiger partial charge on any atom is 0.346 e. The van der Waals surface area contributed by atoms with E-state index >= 15 is 0 Å². The van der Waals surface area contributed by atoms with E-state index in [1.807, 2.05) is 41.5 Å². The number of hydrogen-bond acceptors (Lipinski definition) is 24. The van der Waals surface area contributed by atoms with Crippen molar-refractivity contribution in [1.82, 2.24) is 0 Å². The van der Waals surface area contributed by atoms with Crippen LogP contribution in [0.25, 0.3) is 0 Å². The molecule has 0 aromatic heterocycles. The van der Waals surface area contributed by atoms with Gasteiger partial charge in [-0.1, -0.05) is 221 Å². The number of carbonyl (C=O) groups is 6. The van der Waals surface area contributed by atoms with Crippen LogP contribution in [0.5, 0.6) is 0 Å². The number of hydrogen-bond donors (Lipinski definition) is 0. The van der Waals surface area contributed by atoms with Crippen molar-refractivity contribution in [2.75, 3.05) is 39.6 Å². The van der Waals surface area contributed by atoms with Crippen molar-refractivity contribution in [2.45, 2.75) is 119 Å². The molecule has 3 saturated heterocycles. The van der Waals surface area contributed by atoms with Gasteiger partial charge >= 0.3 is 35.8 Å². The molecule has 0 spiro atoms. The third kappa shape index (κ3) is 19.3. The maximum atomic E-state index is 13.5. The van der Waals surface area contributed by atoms with Crippen LogP contribution < -0.4 is 0 Å². The Kier molecular flexibility index (Phi) is 28.7. The van der Waals surface area contributed by atoms with Gasteiger partial charge in [0.1, 0.15) is 29.4 Å². The summed E-state index contributed by atoms with van der Waals surface area (Å²) < 4.78 is 37.8. The van der Waals surface area contributed by atoms with Gasteiger partial charge in [0.25, 0.3) is 0 Å². The molecule has 84 heavy (non-hydrogen) atoms. The van der Waals surface area contributed by atoms with E-state index in [0.717, 1.165) is 122 Å². The molecule has 1 aliphatic carbocycles. The molecule has 0 amide bonds. The van der Waals surface area contributed by atoms with E-state index in [4.69, 9.17) is 28.4 Å². The van der Waals surface area contributed by atoms with Crippen LogP contribution in [0, 0.1) is 0 Å². The van der Waals surface area contributed by atoms with Gasteiger partial charge in [-0.05, 0) is 107 Å². The molecule has 6 aliphatic heterocycles. The fraction of sp³-hybridized carbons (Fsp3) is 0.400. The van der Waals surface area contributed by atoms with E-state index in [1.54, 1.807) is 0 Å². The minimum absolute atomic E-state index is 0.164. The molecule has 0 aromatic carbocycles. The quantitative estimate of drug-likeness (QED) is 0.0388. The van der Waals surface area contributed by atoms with Gasteiger partial charge in [0, 0.05) is 0 Å². The van der Waals surface area contributed by atoms with Crippen LogP contribution in [-0.4, -0.2) is 75.5 Å². The monoisotopic (exact) mass is 1350 g/mol. The van der Waals surface area contributed by atoms with E-state index in [0.29, 0.717) is 80.7 Å². The average molecular weight is 1350 g/mol. The highest BCUT2D eigenvalue weighted by atomic mass is 32.2. The van der Waals surface area contributed by atoms with E-state index in [2.05, 4.69) is 68.8 Å². The first-order valence-corrected chi connectivity index (χ1v) is 36.6. The molecule has 24 heteroatoms. The van der Waals surface area contributed by atoms with E-state index in [9.17, 15) is 28.8 Å². The Morgan fingerprint density at radius 3 is 0.536 bits per heavy atom. The number of unbranched alkanes of at least 4 members (excludes halogenated alkanes) is 6. The van der Waals surface area contributed by atoms with E-state index in [1.165, 1.54) is 70.6 Å². The largest absolute Gasteiger partial charge is 0.462 e. The van der Waals surface area contributed by atoms with Gasteiger partial charge in [-0.2, -0.15) is 0 Å². The lowest BCUT2D eigenvalue weighted by molar-refractivity contribution is -0.141. The van der Waals surface area contributed by atoms with Crippen molar-refractivity contribution >= 4 is 177 Å². The SMILES string of the molecule is CCCCOC(=O)C1=C(C(=O)OCCCC)SC(=C2SC3=C=C=C=C=C4SC(=C5SC(C(=O)OCCCC)=C(C(=O)OCCCC)S5)SC4=C=C=C=C=C4SC(=C5SC(C(=O)OCCCC)=C(C(=O)OCCCC)S5)SC4=C=C=C=C=C3S2)S1. The average Bonchev–Trinajstić information content (AvgIpc) is 2.61. The smallest absolute Gasteiger partial charge is 0.346 e. The van der Waals surface area contributed by atoms with Gasteiger partial charge in [-0.25, -0.2) is 28.8 Å². The second-order valence-corrected chi connectivity index (χ2v) is 31.1. The third-order valence-electron chi connectivity index (χ3n) is 10.8. The zero-order valence-electron chi connectivity index (χ0n) is 46.5. The summed E-state index contributed by atoms with van der Waals surface area (Å²) in [5.74, 6) is -3.56. The second kappa shape index (κ2) is 35.7. The van der Waals surface area contributed by atoms with Crippen LogP contribution in [-0.2, 0) is 57.2 Å².